The van der Waals surface area contributed by atoms with Gasteiger partial charge in [-0.2, -0.15) is 5.26 Å². The van der Waals surface area contributed by atoms with Gasteiger partial charge < -0.3 is 9.53 Å². The Kier molecular flexibility index (Phi) is 5.52. The summed E-state index contributed by atoms with van der Waals surface area (Å²) in [5.41, 5.74) is 1.31. The van der Waals surface area contributed by atoms with Gasteiger partial charge in [-0.3, -0.25) is 0 Å². The molecule has 2 unspecified atom stereocenters. The third-order valence-electron chi connectivity index (χ3n) is 4.16. The van der Waals surface area contributed by atoms with Crippen LogP contribution in [0.25, 0.3) is 0 Å². The molecule has 3 nitrogen and oxygen atoms in total. The predicted molar refractivity (Wildman–Crippen MR) is 88.4 cm³/mol. The van der Waals surface area contributed by atoms with Gasteiger partial charge in [0.2, 0.25) is 0 Å². The van der Waals surface area contributed by atoms with Crippen molar-refractivity contribution >= 4 is 8.32 Å². The molecular weight excluding hydrogens is 278 g/mol. The lowest BCUT2D eigenvalue weighted by atomic mass is 10.0. The van der Waals surface area contributed by atoms with Crippen LogP contribution in [0, 0.1) is 11.3 Å². The molecule has 0 aliphatic heterocycles. The van der Waals surface area contributed by atoms with Crippen molar-refractivity contribution in [3.05, 3.63) is 48.0 Å². The number of hydrogen-bond acceptors (Lipinski definition) is 3. The largest absolute Gasteiger partial charge is 0.408 e. The zero-order valence-electron chi connectivity index (χ0n) is 13.6. The predicted octanol–water partition coefficient (Wildman–Crippen LogP) is 4.17. The van der Waals surface area contributed by atoms with Crippen LogP contribution >= 0.6 is 0 Å². The Balaban J connectivity index is 2.94. The van der Waals surface area contributed by atoms with E-state index < -0.39 is 20.5 Å². The van der Waals surface area contributed by atoms with Gasteiger partial charge in [-0.1, -0.05) is 39.0 Å². The summed E-state index contributed by atoms with van der Waals surface area (Å²) in [6, 6.07) is 8.98. The van der Waals surface area contributed by atoms with Crippen LogP contribution in [0.2, 0.25) is 18.1 Å². The lowest BCUT2D eigenvalue weighted by Gasteiger charge is -2.39. The standard InChI is InChI=1S/C17H25NO2Si/c1-7-15(20-21(5,6)17(2,3)4)16(19)14-10-8-13(12-18)9-11-14/h7-11,15-16,19H,1H2,2-6H3. The Hall–Kier alpha value is -1.41. The smallest absolute Gasteiger partial charge is 0.193 e. The van der Waals surface area contributed by atoms with Crippen molar-refractivity contribution in [1.29, 1.82) is 5.26 Å². The summed E-state index contributed by atoms with van der Waals surface area (Å²) >= 11 is 0. The normalized spacial score (nSPS) is 15.1. The zero-order chi connectivity index (χ0) is 16.3. The third kappa shape index (κ3) is 4.27. The topological polar surface area (TPSA) is 53.2 Å². The highest BCUT2D eigenvalue weighted by Gasteiger charge is 2.40. The van der Waals surface area contributed by atoms with E-state index in [0.29, 0.717) is 5.56 Å². The first-order chi connectivity index (χ1) is 9.62. The Labute approximate surface area is 129 Å². The molecule has 0 heterocycles. The second-order valence-electron chi connectivity index (χ2n) is 6.76. The highest BCUT2D eigenvalue weighted by Crippen LogP contribution is 2.38. The van der Waals surface area contributed by atoms with E-state index in [2.05, 4.69) is 46.5 Å². The highest BCUT2D eigenvalue weighted by molar-refractivity contribution is 6.74. The summed E-state index contributed by atoms with van der Waals surface area (Å²) in [7, 11) is -1.99. The van der Waals surface area contributed by atoms with Crippen molar-refractivity contribution in [1.82, 2.24) is 0 Å². The van der Waals surface area contributed by atoms with Gasteiger partial charge in [-0.05, 0) is 35.8 Å². The molecule has 1 aromatic rings. The lowest BCUT2D eigenvalue weighted by Crippen LogP contribution is -2.44. The van der Waals surface area contributed by atoms with Gasteiger partial charge >= 0.3 is 0 Å². The second kappa shape index (κ2) is 6.57. The molecule has 2 atom stereocenters. The van der Waals surface area contributed by atoms with Crippen LogP contribution in [0.15, 0.2) is 36.9 Å². The maximum absolute atomic E-state index is 10.5. The number of benzene rings is 1. The Morgan fingerprint density at radius 3 is 2.19 bits per heavy atom. The number of hydrogen-bond donors (Lipinski definition) is 1. The number of rotatable bonds is 5. The molecule has 1 aromatic carbocycles. The Bertz CT molecular complexity index is 523. The van der Waals surface area contributed by atoms with Crippen molar-refractivity contribution in [2.24, 2.45) is 0 Å². The molecule has 114 valence electrons. The van der Waals surface area contributed by atoms with Gasteiger partial charge in [-0.15, -0.1) is 6.58 Å². The average molecular weight is 303 g/mol. The minimum absolute atomic E-state index is 0.0681. The van der Waals surface area contributed by atoms with Crippen LogP contribution in [-0.2, 0) is 4.43 Å². The van der Waals surface area contributed by atoms with E-state index in [1.807, 2.05) is 0 Å². The molecule has 0 radical (unpaired) electrons. The van der Waals surface area contributed by atoms with Crippen LogP contribution in [0.5, 0.6) is 0 Å². The minimum atomic E-state index is -1.99. The molecule has 21 heavy (non-hydrogen) atoms. The molecule has 0 saturated carbocycles. The van der Waals surface area contributed by atoms with Gasteiger partial charge in [0.15, 0.2) is 8.32 Å². The quantitative estimate of drug-likeness (QED) is 0.656. The highest BCUT2D eigenvalue weighted by atomic mass is 28.4. The molecular formula is C17H25NO2Si. The summed E-state index contributed by atoms with van der Waals surface area (Å²) in [5.74, 6) is 0. The first kappa shape index (κ1) is 17.6. The monoisotopic (exact) mass is 303 g/mol. The van der Waals surface area contributed by atoms with Crippen LogP contribution in [0.3, 0.4) is 0 Å². The molecule has 0 fully saturated rings. The summed E-state index contributed by atoms with van der Waals surface area (Å²) in [6.07, 6.45) is 0.437. The summed E-state index contributed by atoms with van der Waals surface area (Å²) in [4.78, 5) is 0. The van der Waals surface area contributed by atoms with Crippen molar-refractivity contribution in [3.8, 4) is 6.07 Å². The van der Waals surface area contributed by atoms with E-state index in [-0.39, 0.29) is 5.04 Å². The van der Waals surface area contributed by atoms with Crippen molar-refractivity contribution in [2.45, 2.75) is 51.1 Å². The van der Waals surface area contributed by atoms with E-state index in [4.69, 9.17) is 9.69 Å². The van der Waals surface area contributed by atoms with E-state index >= 15 is 0 Å². The third-order valence-corrected chi connectivity index (χ3v) is 8.64. The number of aliphatic hydroxyl groups is 1. The lowest BCUT2D eigenvalue weighted by molar-refractivity contribution is 0.0552. The summed E-state index contributed by atoms with van der Waals surface area (Å²) in [6.45, 7) is 14.6. The van der Waals surface area contributed by atoms with Gasteiger partial charge in [0, 0.05) is 0 Å². The van der Waals surface area contributed by atoms with E-state index in [0.717, 1.165) is 5.56 Å². The minimum Gasteiger partial charge on any atom is -0.408 e. The van der Waals surface area contributed by atoms with Crippen molar-refractivity contribution in [2.75, 3.05) is 0 Å². The number of nitriles is 1. The molecule has 1 rings (SSSR count). The first-order valence-corrected chi connectivity index (χ1v) is 10.0. The summed E-state index contributed by atoms with van der Waals surface area (Å²) < 4.78 is 6.23. The average Bonchev–Trinajstić information content (AvgIpc) is 2.43. The van der Waals surface area contributed by atoms with Crippen LogP contribution in [-0.4, -0.2) is 19.5 Å². The molecule has 0 aliphatic carbocycles. The van der Waals surface area contributed by atoms with Gasteiger partial charge in [0.05, 0.1) is 17.7 Å². The molecule has 0 amide bonds. The maximum atomic E-state index is 10.5. The molecule has 0 spiro atoms. The number of nitrogens with zero attached hydrogens (tertiary/aromatic N) is 1. The molecule has 0 bridgehead atoms. The fourth-order valence-electron chi connectivity index (χ4n) is 1.70. The van der Waals surface area contributed by atoms with E-state index in [9.17, 15) is 5.11 Å². The fourth-order valence-corrected chi connectivity index (χ4v) is 2.96. The molecule has 1 N–H and O–H groups in total. The van der Waals surface area contributed by atoms with Crippen LogP contribution in [0.4, 0.5) is 0 Å². The second-order valence-corrected chi connectivity index (χ2v) is 11.5. The van der Waals surface area contributed by atoms with Crippen molar-refractivity contribution in [3.63, 3.8) is 0 Å². The van der Waals surface area contributed by atoms with Crippen molar-refractivity contribution < 1.29 is 9.53 Å². The first-order valence-electron chi connectivity index (χ1n) is 7.11. The van der Waals surface area contributed by atoms with Crippen LogP contribution in [0.1, 0.15) is 38.0 Å². The van der Waals surface area contributed by atoms with Gasteiger partial charge in [0.25, 0.3) is 0 Å². The van der Waals surface area contributed by atoms with E-state index in [1.165, 1.54) is 0 Å². The molecule has 0 saturated heterocycles. The molecule has 4 heteroatoms. The van der Waals surface area contributed by atoms with Gasteiger partial charge in [0.1, 0.15) is 6.10 Å². The Morgan fingerprint density at radius 2 is 1.81 bits per heavy atom. The fraction of sp³-hybridized carbons (Fsp3) is 0.471. The zero-order valence-corrected chi connectivity index (χ0v) is 14.6. The van der Waals surface area contributed by atoms with Gasteiger partial charge in [-0.25, -0.2) is 0 Å². The van der Waals surface area contributed by atoms with E-state index in [1.54, 1.807) is 30.3 Å². The Morgan fingerprint density at radius 1 is 1.29 bits per heavy atom. The number of aliphatic hydroxyl groups excluding tert-OH is 1. The molecule has 0 aromatic heterocycles. The molecule has 0 aliphatic rings. The SMILES string of the molecule is C=CC(O[Si](C)(C)C(C)(C)C)C(O)c1ccc(C#N)cc1. The van der Waals surface area contributed by atoms with Crippen LogP contribution < -0.4 is 0 Å². The maximum Gasteiger partial charge on any atom is 0.193 e. The summed E-state index contributed by atoms with van der Waals surface area (Å²) in [5, 5.41) is 19.4.